The van der Waals surface area contributed by atoms with E-state index >= 15 is 0 Å². The number of nitro groups is 1. The van der Waals surface area contributed by atoms with Crippen molar-refractivity contribution in [3.05, 3.63) is 38.9 Å². The van der Waals surface area contributed by atoms with Gasteiger partial charge in [-0.1, -0.05) is 0 Å². The lowest BCUT2D eigenvalue weighted by molar-refractivity contribution is -0.385. The molecule has 0 radical (unpaired) electrons. The molecule has 0 aliphatic rings. The van der Waals surface area contributed by atoms with Crippen LogP contribution in [0.3, 0.4) is 0 Å². The van der Waals surface area contributed by atoms with E-state index in [-0.39, 0.29) is 29.8 Å². The highest BCUT2D eigenvalue weighted by Gasteiger charge is 2.19. The van der Waals surface area contributed by atoms with Crippen LogP contribution < -0.4 is 0 Å². The summed E-state index contributed by atoms with van der Waals surface area (Å²) in [5, 5.41) is 28.8. The number of benzene rings is 1. The maximum atomic E-state index is 11.4. The maximum Gasteiger partial charge on any atom is 0.310 e. The average molecular weight is 264 g/mol. The molecule has 0 aromatic heterocycles. The van der Waals surface area contributed by atoms with Gasteiger partial charge in [0.15, 0.2) is 0 Å². The van der Waals surface area contributed by atoms with Gasteiger partial charge in [-0.15, -0.1) is 0 Å². The molecule has 0 aliphatic carbocycles. The number of rotatable bonds is 5. The molecule has 0 aliphatic heterocycles. The molecule has 0 heterocycles. The van der Waals surface area contributed by atoms with Crippen LogP contribution in [0, 0.1) is 21.4 Å². The van der Waals surface area contributed by atoms with Crippen LogP contribution in [-0.2, 0) is 22.6 Å². The molecule has 0 atom stereocenters. The minimum Gasteiger partial charge on any atom is -0.466 e. The van der Waals surface area contributed by atoms with E-state index in [9.17, 15) is 20.0 Å². The second-order valence-corrected chi connectivity index (χ2v) is 3.65. The number of nitriles is 1. The summed E-state index contributed by atoms with van der Waals surface area (Å²) >= 11 is 0. The second-order valence-electron chi connectivity index (χ2n) is 3.65. The van der Waals surface area contributed by atoms with Crippen LogP contribution in [0.2, 0.25) is 0 Å². The van der Waals surface area contributed by atoms with Crippen LogP contribution in [0.5, 0.6) is 0 Å². The molecule has 7 nitrogen and oxygen atoms in total. The first-order chi connectivity index (χ1) is 9.03. The number of nitrogens with zero attached hydrogens (tertiary/aromatic N) is 2. The fraction of sp³-hybridized carbons (Fsp3) is 0.333. The van der Waals surface area contributed by atoms with E-state index in [0.717, 1.165) is 6.07 Å². The van der Waals surface area contributed by atoms with Crippen molar-refractivity contribution in [1.82, 2.24) is 0 Å². The lowest BCUT2D eigenvalue weighted by atomic mass is 10.0. The molecule has 1 N–H and O–H groups in total. The molecular formula is C12H12N2O5. The average Bonchev–Trinajstić information content (AvgIpc) is 2.38. The molecule has 0 amide bonds. The standard InChI is InChI=1S/C12H12N2O5/c1-2-19-12(16)5-8-3-9(6-13)11(14(17)18)4-10(8)7-15/h3-4,15H,2,5,7H2,1H3. The quantitative estimate of drug-likeness (QED) is 0.483. The lowest BCUT2D eigenvalue weighted by Gasteiger charge is -2.08. The Bertz CT molecular complexity index is 548. The number of hydrogen-bond acceptors (Lipinski definition) is 6. The Kier molecular flexibility index (Phi) is 4.97. The Morgan fingerprint density at radius 2 is 2.21 bits per heavy atom. The summed E-state index contributed by atoms with van der Waals surface area (Å²) in [5.74, 6) is -0.519. The molecule has 100 valence electrons. The van der Waals surface area contributed by atoms with Crippen LogP contribution in [0.4, 0.5) is 5.69 Å². The van der Waals surface area contributed by atoms with Gasteiger partial charge in [0.2, 0.25) is 0 Å². The Morgan fingerprint density at radius 3 is 2.68 bits per heavy atom. The second kappa shape index (κ2) is 6.47. The molecule has 0 fully saturated rings. The highest BCUT2D eigenvalue weighted by Crippen LogP contribution is 2.24. The van der Waals surface area contributed by atoms with E-state index in [0.29, 0.717) is 5.56 Å². The summed E-state index contributed by atoms with van der Waals surface area (Å²) in [7, 11) is 0. The van der Waals surface area contributed by atoms with E-state index in [1.165, 1.54) is 6.07 Å². The number of nitro benzene ring substituents is 1. The van der Waals surface area contributed by atoms with Gasteiger partial charge in [-0.05, 0) is 24.1 Å². The predicted octanol–water partition coefficient (Wildman–Crippen LogP) is 1.06. The first-order valence-corrected chi connectivity index (χ1v) is 5.50. The number of aliphatic hydroxyl groups is 1. The van der Waals surface area contributed by atoms with Crippen LogP contribution in [-0.4, -0.2) is 22.6 Å². The Hall–Kier alpha value is -2.46. The molecule has 0 spiro atoms. The summed E-state index contributed by atoms with van der Waals surface area (Å²) in [6.07, 6.45) is -0.142. The lowest BCUT2D eigenvalue weighted by Crippen LogP contribution is -2.10. The van der Waals surface area contributed by atoms with E-state index < -0.39 is 17.5 Å². The van der Waals surface area contributed by atoms with Gasteiger partial charge < -0.3 is 9.84 Å². The predicted molar refractivity (Wildman–Crippen MR) is 64.1 cm³/mol. The van der Waals surface area contributed by atoms with Crippen molar-refractivity contribution in [2.24, 2.45) is 0 Å². The van der Waals surface area contributed by atoms with E-state index in [1.54, 1.807) is 13.0 Å². The highest BCUT2D eigenvalue weighted by atomic mass is 16.6. The number of esters is 1. The Balaban J connectivity index is 3.21. The van der Waals surface area contributed by atoms with E-state index in [2.05, 4.69) is 0 Å². The zero-order valence-corrected chi connectivity index (χ0v) is 10.3. The van der Waals surface area contributed by atoms with Gasteiger partial charge in [-0.25, -0.2) is 0 Å². The van der Waals surface area contributed by atoms with E-state index in [1.807, 2.05) is 0 Å². The summed E-state index contributed by atoms with van der Waals surface area (Å²) in [6.45, 7) is 1.41. The van der Waals surface area contributed by atoms with Crippen LogP contribution in [0.1, 0.15) is 23.6 Å². The van der Waals surface area contributed by atoms with Crippen molar-refractivity contribution in [3.8, 4) is 6.07 Å². The first-order valence-electron chi connectivity index (χ1n) is 5.50. The van der Waals surface area contributed by atoms with E-state index in [4.69, 9.17) is 10.00 Å². The Morgan fingerprint density at radius 1 is 1.53 bits per heavy atom. The zero-order chi connectivity index (χ0) is 14.4. The zero-order valence-electron chi connectivity index (χ0n) is 10.3. The molecule has 1 aromatic rings. The molecule has 0 bridgehead atoms. The molecule has 1 aromatic carbocycles. The molecule has 1 rings (SSSR count). The summed E-state index contributed by atoms with van der Waals surface area (Å²) in [4.78, 5) is 21.4. The number of aliphatic hydroxyl groups excluding tert-OH is 1. The number of carbonyl (C=O) groups is 1. The molecule has 0 saturated carbocycles. The third-order valence-corrected chi connectivity index (χ3v) is 2.45. The minimum absolute atomic E-state index is 0.142. The molecule has 7 heteroatoms. The number of ether oxygens (including phenoxy) is 1. The molecule has 0 unspecified atom stereocenters. The van der Waals surface area contributed by atoms with Crippen molar-refractivity contribution < 1.29 is 19.6 Å². The van der Waals surface area contributed by atoms with Crippen molar-refractivity contribution in [2.75, 3.05) is 6.61 Å². The highest BCUT2D eigenvalue weighted by molar-refractivity contribution is 5.73. The SMILES string of the molecule is CCOC(=O)Cc1cc(C#N)c([N+](=O)[O-])cc1CO. The molecule has 19 heavy (non-hydrogen) atoms. The number of hydrogen-bond donors (Lipinski definition) is 1. The van der Waals surface area contributed by atoms with Crippen molar-refractivity contribution in [3.63, 3.8) is 0 Å². The van der Waals surface area contributed by atoms with Crippen LogP contribution >= 0.6 is 0 Å². The van der Waals surface area contributed by atoms with Gasteiger partial charge in [-0.3, -0.25) is 14.9 Å². The monoisotopic (exact) mass is 264 g/mol. The topological polar surface area (TPSA) is 113 Å². The third-order valence-electron chi connectivity index (χ3n) is 2.45. The maximum absolute atomic E-state index is 11.4. The fourth-order valence-corrected chi connectivity index (χ4v) is 1.60. The Labute approximate surface area is 109 Å². The number of carbonyl (C=O) groups excluding carboxylic acids is 1. The van der Waals surface area contributed by atoms with Gasteiger partial charge in [0.1, 0.15) is 11.6 Å². The smallest absolute Gasteiger partial charge is 0.310 e. The van der Waals surface area contributed by atoms with Crippen molar-refractivity contribution in [1.29, 1.82) is 5.26 Å². The molecule has 0 saturated heterocycles. The van der Waals surface area contributed by atoms with Gasteiger partial charge in [0, 0.05) is 6.07 Å². The summed E-state index contributed by atoms with van der Waals surface area (Å²) in [5.41, 5.74) is 0.0440. The van der Waals surface area contributed by atoms with Crippen molar-refractivity contribution in [2.45, 2.75) is 20.0 Å². The van der Waals surface area contributed by atoms with Crippen LogP contribution in [0.15, 0.2) is 12.1 Å². The van der Waals surface area contributed by atoms with Crippen molar-refractivity contribution >= 4 is 11.7 Å². The summed E-state index contributed by atoms with van der Waals surface area (Å²) in [6, 6.07) is 4.04. The molecular weight excluding hydrogens is 252 g/mol. The first kappa shape index (κ1) is 14.6. The van der Waals surface area contributed by atoms with Gasteiger partial charge >= 0.3 is 5.97 Å². The third kappa shape index (κ3) is 3.50. The van der Waals surface area contributed by atoms with Gasteiger partial charge in [0.25, 0.3) is 5.69 Å². The minimum atomic E-state index is -0.703. The normalized spacial score (nSPS) is 9.74. The summed E-state index contributed by atoms with van der Waals surface area (Å²) < 4.78 is 4.76. The van der Waals surface area contributed by atoms with Gasteiger partial charge in [0.05, 0.1) is 24.6 Å². The van der Waals surface area contributed by atoms with Crippen LogP contribution in [0.25, 0.3) is 0 Å². The fourth-order valence-electron chi connectivity index (χ4n) is 1.60. The van der Waals surface area contributed by atoms with Gasteiger partial charge in [-0.2, -0.15) is 5.26 Å². The largest absolute Gasteiger partial charge is 0.466 e.